The van der Waals surface area contributed by atoms with Crippen LogP contribution in [0.5, 0.6) is 0 Å². The highest BCUT2D eigenvalue weighted by Gasteiger charge is 2.21. The topological polar surface area (TPSA) is 70.0 Å². The van der Waals surface area contributed by atoms with Gasteiger partial charge in [-0.2, -0.15) is 5.26 Å². The molecule has 0 saturated heterocycles. The summed E-state index contributed by atoms with van der Waals surface area (Å²) in [6.07, 6.45) is 0.915. The van der Waals surface area contributed by atoms with Gasteiger partial charge in [-0.15, -0.1) is 0 Å². The van der Waals surface area contributed by atoms with Crippen LogP contribution in [0.3, 0.4) is 0 Å². The summed E-state index contributed by atoms with van der Waals surface area (Å²) in [4.78, 5) is -0.665. The number of hydrogen-bond acceptors (Lipinski definition) is 4. The Morgan fingerprint density at radius 2 is 1.83 bits per heavy atom. The van der Waals surface area contributed by atoms with Crippen molar-refractivity contribution in [2.45, 2.75) is 4.90 Å². The molecule has 118 valence electrons. The van der Waals surface area contributed by atoms with Crippen molar-refractivity contribution in [1.29, 1.82) is 5.26 Å². The van der Waals surface area contributed by atoms with Crippen LogP contribution >= 0.6 is 23.2 Å². The van der Waals surface area contributed by atoms with Crippen LogP contribution in [0.25, 0.3) is 0 Å². The van der Waals surface area contributed by atoms with E-state index in [4.69, 9.17) is 28.5 Å². The molecule has 0 heterocycles. The quantitative estimate of drug-likeness (QED) is 0.810. The largest absolute Gasteiger partial charge is 0.357 e. The van der Waals surface area contributed by atoms with E-state index in [9.17, 15) is 12.8 Å². The Bertz CT molecular complexity index is 904. The second-order valence-electron chi connectivity index (χ2n) is 4.32. The highest BCUT2D eigenvalue weighted by atomic mass is 35.5. The zero-order chi connectivity index (χ0) is 17.0. The first-order valence-electron chi connectivity index (χ1n) is 6.17. The fourth-order valence-corrected chi connectivity index (χ4v) is 3.05. The molecule has 0 aliphatic carbocycles. The van der Waals surface area contributed by atoms with Gasteiger partial charge in [-0.1, -0.05) is 29.3 Å². The molecule has 0 aliphatic heterocycles. The van der Waals surface area contributed by atoms with Crippen LogP contribution in [-0.4, -0.2) is 8.42 Å². The average molecular weight is 371 g/mol. The molecule has 0 amide bonds. The molecule has 0 radical (unpaired) electrons. The first kappa shape index (κ1) is 17.3. The Hall–Kier alpha value is -2.07. The molecule has 0 fully saturated rings. The Labute approximate surface area is 142 Å². The highest BCUT2D eigenvalue weighted by Crippen LogP contribution is 2.24. The molecule has 2 aromatic carbocycles. The predicted octanol–water partition coefficient (Wildman–Crippen LogP) is 4.38. The van der Waals surface area contributed by atoms with Crippen molar-refractivity contribution in [3.63, 3.8) is 0 Å². The minimum Gasteiger partial charge on any atom is -0.357 e. The first-order valence-corrected chi connectivity index (χ1v) is 8.41. The molecule has 0 aliphatic rings. The molecule has 0 spiro atoms. The standard InChI is InChI=1S/C15H9Cl2FN2O2S/c16-10-4-6-11(7-5-10)23(21,22)12(8-19)9-20-14-3-1-2-13(17)15(14)18/h1-7,9,20H/b12-9-. The predicted molar refractivity (Wildman–Crippen MR) is 87.4 cm³/mol. The highest BCUT2D eigenvalue weighted by molar-refractivity contribution is 7.95. The maximum Gasteiger partial charge on any atom is 0.218 e. The number of halogens is 3. The van der Waals surface area contributed by atoms with Gasteiger partial charge in [0, 0.05) is 11.2 Å². The number of nitrogens with zero attached hydrogens (tertiary/aromatic N) is 1. The summed E-state index contributed by atoms with van der Waals surface area (Å²) in [5, 5.41) is 11.8. The molecular formula is C15H9Cl2FN2O2S. The van der Waals surface area contributed by atoms with E-state index in [1.807, 2.05) is 0 Å². The van der Waals surface area contributed by atoms with E-state index in [1.54, 1.807) is 6.07 Å². The van der Waals surface area contributed by atoms with Crippen molar-refractivity contribution in [1.82, 2.24) is 0 Å². The van der Waals surface area contributed by atoms with Crippen molar-refractivity contribution in [2.24, 2.45) is 0 Å². The van der Waals surface area contributed by atoms with Gasteiger partial charge < -0.3 is 5.32 Å². The number of nitrogens with one attached hydrogen (secondary N) is 1. The minimum atomic E-state index is -4.04. The van der Waals surface area contributed by atoms with Gasteiger partial charge in [0.2, 0.25) is 9.84 Å². The zero-order valence-electron chi connectivity index (χ0n) is 11.4. The number of rotatable bonds is 4. The van der Waals surface area contributed by atoms with Gasteiger partial charge >= 0.3 is 0 Å². The van der Waals surface area contributed by atoms with Crippen molar-refractivity contribution in [3.8, 4) is 6.07 Å². The van der Waals surface area contributed by atoms with Gasteiger partial charge in [-0.05, 0) is 36.4 Å². The van der Waals surface area contributed by atoms with Crippen LogP contribution in [0, 0.1) is 17.1 Å². The lowest BCUT2D eigenvalue weighted by atomic mass is 10.3. The van der Waals surface area contributed by atoms with E-state index < -0.39 is 20.6 Å². The van der Waals surface area contributed by atoms with Crippen molar-refractivity contribution in [3.05, 3.63) is 69.4 Å². The summed E-state index contributed by atoms with van der Waals surface area (Å²) in [5.74, 6) is -0.744. The third kappa shape index (κ3) is 3.82. The lowest BCUT2D eigenvalue weighted by Gasteiger charge is -2.06. The van der Waals surface area contributed by atoms with Crippen LogP contribution in [0.15, 0.2) is 58.5 Å². The zero-order valence-corrected chi connectivity index (χ0v) is 13.8. The van der Waals surface area contributed by atoms with Gasteiger partial charge in [0.1, 0.15) is 6.07 Å². The third-order valence-electron chi connectivity index (χ3n) is 2.83. The molecule has 2 rings (SSSR count). The van der Waals surface area contributed by atoms with Crippen LogP contribution in [0.2, 0.25) is 10.0 Å². The van der Waals surface area contributed by atoms with Crippen LogP contribution in [0.4, 0.5) is 10.1 Å². The number of allylic oxidation sites excluding steroid dienone is 1. The molecule has 23 heavy (non-hydrogen) atoms. The van der Waals surface area contributed by atoms with E-state index in [1.165, 1.54) is 42.5 Å². The fraction of sp³-hybridized carbons (Fsp3) is 0. The van der Waals surface area contributed by atoms with Gasteiger partial charge in [0.25, 0.3) is 0 Å². The van der Waals surface area contributed by atoms with Gasteiger partial charge in [-0.3, -0.25) is 0 Å². The smallest absolute Gasteiger partial charge is 0.218 e. The van der Waals surface area contributed by atoms with E-state index in [0.717, 1.165) is 6.20 Å². The van der Waals surface area contributed by atoms with E-state index in [-0.39, 0.29) is 15.6 Å². The maximum atomic E-state index is 13.7. The minimum absolute atomic E-state index is 0.0449. The summed E-state index contributed by atoms with van der Waals surface area (Å²) in [7, 11) is -4.04. The van der Waals surface area contributed by atoms with Crippen LogP contribution < -0.4 is 5.32 Å². The van der Waals surface area contributed by atoms with Gasteiger partial charge in [-0.25, -0.2) is 12.8 Å². The molecule has 0 saturated carbocycles. The van der Waals surface area contributed by atoms with Crippen molar-refractivity contribution >= 4 is 38.7 Å². The molecule has 4 nitrogen and oxygen atoms in total. The summed E-state index contributed by atoms with van der Waals surface area (Å²) < 4.78 is 38.5. The van der Waals surface area contributed by atoms with Crippen molar-refractivity contribution in [2.75, 3.05) is 5.32 Å². The van der Waals surface area contributed by atoms with Crippen LogP contribution in [0.1, 0.15) is 0 Å². The molecule has 0 unspecified atom stereocenters. The summed E-state index contributed by atoms with van der Waals surface area (Å²) in [6, 6.07) is 11.1. The average Bonchev–Trinajstić information content (AvgIpc) is 2.52. The number of benzene rings is 2. The monoisotopic (exact) mass is 370 g/mol. The summed E-state index contributed by atoms with van der Waals surface area (Å²) in [5.41, 5.74) is -0.0449. The van der Waals surface area contributed by atoms with Crippen molar-refractivity contribution < 1.29 is 12.8 Å². The SMILES string of the molecule is N#C/C(=C/Nc1cccc(Cl)c1F)S(=O)(=O)c1ccc(Cl)cc1. The first-order chi connectivity index (χ1) is 10.9. The Morgan fingerprint density at radius 1 is 1.17 bits per heavy atom. The van der Waals surface area contributed by atoms with Gasteiger partial charge in [0.15, 0.2) is 10.7 Å². The van der Waals surface area contributed by atoms with E-state index in [0.29, 0.717) is 5.02 Å². The normalized spacial score (nSPS) is 11.8. The molecule has 8 heteroatoms. The maximum absolute atomic E-state index is 13.7. The van der Waals surface area contributed by atoms with Crippen LogP contribution in [-0.2, 0) is 9.84 Å². The lowest BCUT2D eigenvalue weighted by molar-refractivity contribution is 0.603. The Balaban J connectivity index is 2.37. The van der Waals surface area contributed by atoms with E-state index >= 15 is 0 Å². The molecule has 0 aromatic heterocycles. The molecule has 0 atom stereocenters. The second-order valence-corrected chi connectivity index (χ2v) is 7.09. The molecule has 1 N–H and O–H groups in total. The molecule has 0 bridgehead atoms. The lowest BCUT2D eigenvalue weighted by Crippen LogP contribution is -2.06. The number of hydrogen-bond donors (Lipinski definition) is 1. The summed E-state index contributed by atoms with van der Waals surface area (Å²) >= 11 is 11.3. The molecule has 2 aromatic rings. The number of anilines is 1. The van der Waals surface area contributed by atoms with Gasteiger partial charge in [0.05, 0.1) is 15.6 Å². The third-order valence-corrected chi connectivity index (χ3v) is 5.06. The Kier molecular flexibility index (Phi) is 5.26. The Morgan fingerprint density at radius 3 is 2.43 bits per heavy atom. The van der Waals surface area contributed by atoms with E-state index in [2.05, 4.69) is 5.32 Å². The fourth-order valence-electron chi connectivity index (χ4n) is 1.67. The number of sulfone groups is 1. The molecular weight excluding hydrogens is 362 g/mol. The number of nitriles is 1. The summed E-state index contributed by atoms with van der Waals surface area (Å²) in [6.45, 7) is 0. The second kappa shape index (κ2) is 7.01.